The third-order valence-corrected chi connectivity index (χ3v) is 5.64. The highest BCUT2D eigenvalue weighted by molar-refractivity contribution is 6.46. The lowest BCUT2D eigenvalue weighted by Gasteiger charge is -2.25. The minimum absolute atomic E-state index is 0.0353. The van der Waals surface area contributed by atoms with Crippen molar-refractivity contribution >= 4 is 17.4 Å². The molecule has 172 valence electrons. The fourth-order valence-electron chi connectivity index (χ4n) is 3.91. The summed E-state index contributed by atoms with van der Waals surface area (Å²) in [5, 5.41) is 11.3. The van der Waals surface area contributed by atoms with Gasteiger partial charge in [-0.05, 0) is 56.8 Å². The van der Waals surface area contributed by atoms with E-state index in [2.05, 4.69) is 0 Å². The molecule has 1 aliphatic rings. The maximum Gasteiger partial charge on any atom is 0.295 e. The Kier molecular flexibility index (Phi) is 6.51. The van der Waals surface area contributed by atoms with Gasteiger partial charge in [0.2, 0.25) is 0 Å². The number of likely N-dealkylation sites (tertiary alicyclic amines) is 1. The highest BCUT2D eigenvalue weighted by Gasteiger charge is 2.47. The van der Waals surface area contributed by atoms with Gasteiger partial charge in [0.1, 0.15) is 29.1 Å². The molecule has 1 aromatic carbocycles. The number of carbonyl (C=O) groups excluding carboxylic acids is 2. The second kappa shape index (κ2) is 8.82. The van der Waals surface area contributed by atoms with Crippen molar-refractivity contribution in [1.82, 2.24) is 9.80 Å². The molecule has 1 aliphatic heterocycles. The van der Waals surface area contributed by atoms with Gasteiger partial charge in [-0.25, -0.2) is 0 Å². The molecule has 0 spiro atoms. The molecule has 0 aliphatic carbocycles. The van der Waals surface area contributed by atoms with Crippen LogP contribution in [0.1, 0.15) is 49.5 Å². The van der Waals surface area contributed by atoms with Crippen LogP contribution in [0.4, 0.5) is 0 Å². The highest BCUT2D eigenvalue weighted by atomic mass is 16.5. The molecule has 7 heteroatoms. The van der Waals surface area contributed by atoms with Gasteiger partial charge in [-0.15, -0.1) is 0 Å². The number of ether oxygens (including phenoxy) is 1. The van der Waals surface area contributed by atoms with Gasteiger partial charge in [-0.3, -0.25) is 9.59 Å². The summed E-state index contributed by atoms with van der Waals surface area (Å²) in [4.78, 5) is 29.4. The summed E-state index contributed by atoms with van der Waals surface area (Å²) in [6.45, 7) is 8.82. The molecular formula is C25H32N2O5. The molecule has 0 radical (unpaired) electrons. The lowest BCUT2D eigenvalue weighted by Crippen LogP contribution is -2.35. The Labute approximate surface area is 189 Å². The van der Waals surface area contributed by atoms with Crippen molar-refractivity contribution in [2.45, 2.75) is 39.2 Å². The fourth-order valence-corrected chi connectivity index (χ4v) is 3.91. The Bertz CT molecular complexity index is 1060. The van der Waals surface area contributed by atoms with Gasteiger partial charge in [0.05, 0.1) is 12.7 Å². The summed E-state index contributed by atoms with van der Waals surface area (Å²) in [5.74, 6) is 0.233. The maximum atomic E-state index is 13.1. The average Bonchev–Trinajstić information content (AvgIpc) is 3.26. The van der Waals surface area contributed by atoms with E-state index in [4.69, 9.17) is 9.15 Å². The van der Waals surface area contributed by atoms with Crippen LogP contribution < -0.4 is 4.74 Å². The molecule has 2 aromatic rings. The number of carbonyl (C=O) groups is 2. The Morgan fingerprint density at radius 2 is 1.88 bits per heavy atom. The quantitative estimate of drug-likeness (QED) is 0.417. The van der Waals surface area contributed by atoms with Crippen molar-refractivity contribution in [3.05, 3.63) is 58.6 Å². The van der Waals surface area contributed by atoms with Crippen LogP contribution in [0, 0.1) is 6.92 Å². The third kappa shape index (κ3) is 4.43. The molecular weight excluding hydrogens is 408 g/mol. The Balaban J connectivity index is 2.18. The number of ketones is 1. The number of benzene rings is 1. The maximum absolute atomic E-state index is 13.1. The summed E-state index contributed by atoms with van der Waals surface area (Å²) >= 11 is 0. The number of aryl methyl sites for hydroxylation is 1. The molecule has 1 aromatic heterocycles. The number of furan rings is 1. The predicted molar refractivity (Wildman–Crippen MR) is 123 cm³/mol. The number of Topliss-reactive ketones (excluding diaryl/α,β-unsaturated/α-hetero) is 1. The molecule has 0 bridgehead atoms. The third-order valence-electron chi connectivity index (χ3n) is 5.64. The lowest BCUT2D eigenvalue weighted by atomic mass is 9.84. The Morgan fingerprint density at radius 1 is 1.19 bits per heavy atom. The van der Waals surface area contributed by atoms with Crippen molar-refractivity contribution in [2.24, 2.45) is 0 Å². The number of likely N-dealkylation sites (N-methyl/N-ethyl adjacent to an activating group) is 1. The number of hydrogen-bond donors (Lipinski definition) is 1. The summed E-state index contributed by atoms with van der Waals surface area (Å²) in [6, 6.07) is 8.02. The van der Waals surface area contributed by atoms with E-state index < -0.39 is 17.7 Å². The summed E-state index contributed by atoms with van der Waals surface area (Å²) in [6.07, 6.45) is 0. The van der Waals surface area contributed by atoms with Gasteiger partial charge >= 0.3 is 0 Å². The van der Waals surface area contributed by atoms with Crippen LogP contribution in [-0.2, 0) is 15.0 Å². The van der Waals surface area contributed by atoms with Crippen molar-refractivity contribution < 1.29 is 23.8 Å². The molecule has 2 heterocycles. The van der Waals surface area contributed by atoms with Crippen LogP contribution in [0.3, 0.4) is 0 Å². The van der Waals surface area contributed by atoms with E-state index >= 15 is 0 Å². The van der Waals surface area contributed by atoms with Crippen LogP contribution in [0.2, 0.25) is 0 Å². The SMILES string of the molecule is COc1ccc(/C(O)=C2/C(=O)C(=O)N(CCN(C)C)C2c2ccc(C)o2)cc1C(C)(C)C. The van der Waals surface area contributed by atoms with Crippen molar-refractivity contribution in [3.8, 4) is 5.75 Å². The Morgan fingerprint density at radius 3 is 2.41 bits per heavy atom. The molecule has 7 nitrogen and oxygen atoms in total. The minimum atomic E-state index is -0.788. The molecule has 32 heavy (non-hydrogen) atoms. The number of aliphatic hydroxyl groups is 1. The lowest BCUT2D eigenvalue weighted by molar-refractivity contribution is -0.140. The first-order valence-corrected chi connectivity index (χ1v) is 10.6. The van der Waals surface area contributed by atoms with Crippen LogP contribution >= 0.6 is 0 Å². The van der Waals surface area contributed by atoms with Crippen LogP contribution in [0.25, 0.3) is 5.76 Å². The summed E-state index contributed by atoms with van der Waals surface area (Å²) < 4.78 is 11.3. The number of hydrogen-bond acceptors (Lipinski definition) is 6. The van der Waals surface area contributed by atoms with Gasteiger partial charge in [-0.1, -0.05) is 20.8 Å². The van der Waals surface area contributed by atoms with Crippen LogP contribution in [-0.4, -0.2) is 60.9 Å². The fraction of sp³-hybridized carbons (Fsp3) is 0.440. The zero-order valence-electron chi connectivity index (χ0n) is 19.9. The standard InChI is InChI=1S/C25H32N2O5/c1-15-8-10-19(32-15)21-20(23(29)24(30)27(21)13-12-26(5)6)22(28)16-9-11-18(31-7)17(14-16)25(2,3)4/h8-11,14,21,28H,12-13H2,1-7H3/b22-20-. The van der Waals surface area contributed by atoms with E-state index in [1.54, 1.807) is 38.3 Å². The number of nitrogens with zero attached hydrogens (tertiary/aromatic N) is 2. The van der Waals surface area contributed by atoms with E-state index in [0.29, 0.717) is 35.9 Å². The highest BCUT2D eigenvalue weighted by Crippen LogP contribution is 2.41. The van der Waals surface area contributed by atoms with E-state index in [9.17, 15) is 14.7 Å². The van der Waals surface area contributed by atoms with E-state index in [1.807, 2.05) is 45.8 Å². The zero-order chi connectivity index (χ0) is 23.8. The average molecular weight is 441 g/mol. The molecule has 0 saturated carbocycles. The number of rotatable bonds is 6. The first kappa shape index (κ1) is 23.6. The van der Waals surface area contributed by atoms with Gasteiger partial charge in [0, 0.05) is 24.2 Å². The first-order chi connectivity index (χ1) is 15.0. The molecule has 1 atom stereocenters. The van der Waals surface area contributed by atoms with Crippen LogP contribution in [0.15, 0.2) is 40.3 Å². The molecule has 1 N–H and O–H groups in total. The molecule has 1 amide bonds. The van der Waals surface area contributed by atoms with Gasteiger partial charge < -0.3 is 24.1 Å². The smallest absolute Gasteiger partial charge is 0.295 e. The van der Waals surface area contributed by atoms with Gasteiger partial charge in [0.25, 0.3) is 11.7 Å². The van der Waals surface area contributed by atoms with Crippen molar-refractivity contribution in [3.63, 3.8) is 0 Å². The monoisotopic (exact) mass is 440 g/mol. The summed E-state index contributed by atoms with van der Waals surface area (Å²) in [7, 11) is 5.39. The summed E-state index contributed by atoms with van der Waals surface area (Å²) in [5.41, 5.74) is 1.12. The normalized spacial score (nSPS) is 18.6. The topological polar surface area (TPSA) is 83.2 Å². The second-order valence-electron chi connectivity index (χ2n) is 9.41. The van der Waals surface area contributed by atoms with Crippen LogP contribution in [0.5, 0.6) is 5.75 Å². The number of amides is 1. The van der Waals surface area contributed by atoms with Crippen molar-refractivity contribution in [2.75, 3.05) is 34.3 Å². The predicted octanol–water partition coefficient (Wildman–Crippen LogP) is 3.88. The molecule has 1 saturated heterocycles. The molecule has 1 fully saturated rings. The second-order valence-corrected chi connectivity index (χ2v) is 9.41. The number of aliphatic hydroxyl groups excluding tert-OH is 1. The van der Waals surface area contributed by atoms with E-state index in [-0.39, 0.29) is 16.7 Å². The van der Waals surface area contributed by atoms with Gasteiger partial charge in [-0.2, -0.15) is 0 Å². The minimum Gasteiger partial charge on any atom is -0.507 e. The van der Waals surface area contributed by atoms with Crippen molar-refractivity contribution in [1.29, 1.82) is 0 Å². The Hall–Kier alpha value is -3.06. The van der Waals surface area contributed by atoms with E-state index in [1.165, 1.54) is 4.90 Å². The molecule has 3 rings (SSSR count). The van der Waals surface area contributed by atoms with E-state index in [0.717, 1.165) is 5.56 Å². The largest absolute Gasteiger partial charge is 0.507 e. The number of methoxy groups -OCH3 is 1. The first-order valence-electron chi connectivity index (χ1n) is 10.6. The van der Waals surface area contributed by atoms with Gasteiger partial charge in [0.15, 0.2) is 0 Å². The zero-order valence-corrected chi connectivity index (χ0v) is 19.9. The molecule has 1 unspecified atom stereocenters.